The number of halogens is 2. The van der Waals surface area contributed by atoms with Crippen LogP contribution >= 0.6 is 23.2 Å². The van der Waals surface area contributed by atoms with Crippen LogP contribution in [0.3, 0.4) is 0 Å². The van der Waals surface area contributed by atoms with Gasteiger partial charge < -0.3 is 10.0 Å². The first-order chi connectivity index (χ1) is 8.45. The highest BCUT2D eigenvalue weighted by atomic mass is 35.5. The minimum absolute atomic E-state index is 0.0716. The Labute approximate surface area is 117 Å². The van der Waals surface area contributed by atoms with Crippen molar-refractivity contribution in [1.82, 2.24) is 4.90 Å². The molecular formula is C13H15Cl2NO2. The minimum Gasteiger partial charge on any atom is -0.394 e. The molecule has 0 aliphatic heterocycles. The second-order valence-electron chi connectivity index (χ2n) is 3.98. The lowest BCUT2D eigenvalue weighted by atomic mass is 10.2. The van der Waals surface area contributed by atoms with E-state index in [4.69, 9.17) is 28.3 Å². The largest absolute Gasteiger partial charge is 0.394 e. The number of aliphatic hydroxyl groups is 1. The van der Waals surface area contributed by atoms with Crippen molar-refractivity contribution in [1.29, 1.82) is 0 Å². The average Bonchev–Trinajstić information content (AvgIpc) is 2.35. The van der Waals surface area contributed by atoms with Crippen LogP contribution < -0.4 is 0 Å². The van der Waals surface area contributed by atoms with E-state index in [0.29, 0.717) is 10.0 Å². The maximum Gasteiger partial charge on any atom is 0.246 e. The van der Waals surface area contributed by atoms with E-state index in [9.17, 15) is 4.79 Å². The van der Waals surface area contributed by atoms with Gasteiger partial charge in [-0.15, -0.1) is 0 Å². The van der Waals surface area contributed by atoms with E-state index < -0.39 is 0 Å². The molecule has 1 N–H and O–H groups in total. The van der Waals surface area contributed by atoms with Crippen molar-refractivity contribution < 1.29 is 9.90 Å². The molecular weight excluding hydrogens is 273 g/mol. The molecule has 1 aromatic carbocycles. The molecule has 1 atom stereocenters. The summed E-state index contributed by atoms with van der Waals surface area (Å²) in [4.78, 5) is 13.2. The van der Waals surface area contributed by atoms with Gasteiger partial charge in [0, 0.05) is 23.2 Å². The number of amides is 1. The standard InChI is InChI=1S/C13H15Cl2NO2/c1-9(8-17)16(2)13(18)6-4-10-3-5-11(14)7-12(10)15/h3-7,9,17H,8H2,1-2H3/b6-4+. The number of hydrogen-bond donors (Lipinski definition) is 1. The minimum atomic E-state index is -0.220. The lowest BCUT2D eigenvalue weighted by molar-refractivity contribution is -0.127. The second-order valence-corrected chi connectivity index (χ2v) is 4.82. The molecule has 0 aliphatic carbocycles. The Morgan fingerprint density at radius 1 is 1.50 bits per heavy atom. The zero-order valence-corrected chi connectivity index (χ0v) is 11.7. The number of aliphatic hydroxyl groups excluding tert-OH is 1. The molecule has 1 aromatic rings. The first-order valence-corrected chi connectivity index (χ1v) is 6.22. The summed E-state index contributed by atoms with van der Waals surface area (Å²) in [6, 6.07) is 4.84. The summed E-state index contributed by atoms with van der Waals surface area (Å²) in [5.41, 5.74) is 0.722. The molecule has 1 rings (SSSR count). The lowest BCUT2D eigenvalue weighted by Gasteiger charge is -2.21. The third kappa shape index (κ3) is 4.02. The fourth-order valence-electron chi connectivity index (χ4n) is 1.25. The van der Waals surface area contributed by atoms with Crippen LogP contribution in [0.5, 0.6) is 0 Å². The van der Waals surface area contributed by atoms with Crippen molar-refractivity contribution in [2.45, 2.75) is 13.0 Å². The highest BCUT2D eigenvalue weighted by Crippen LogP contribution is 2.22. The molecule has 5 heteroatoms. The number of nitrogens with zero attached hydrogens (tertiary/aromatic N) is 1. The normalized spacial score (nSPS) is 12.7. The van der Waals surface area contributed by atoms with Gasteiger partial charge in [-0.2, -0.15) is 0 Å². The van der Waals surface area contributed by atoms with Crippen molar-refractivity contribution >= 4 is 35.2 Å². The van der Waals surface area contributed by atoms with E-state index in [2.05, 4.69) is 0 Å². The van der Waals surface area contributed by atoms with Crippen molar-refractivity contribution in [3.8, 4) is 0 Å². The van der Waals surface area contributed by atoms with Crippen molar-refractivity contribution in [2.75, 3.05) is 13.7 Å². The smallest absolute Gasteiger partial charge is 0.246 e. The van der Waals surface area contributed by atoms with Crippen molar-refractivity contribution in [3.05, 3.63) is 39.9 Å². The molecule has 18 heavy (non-hydrogen) atoms. The van der Waals surface area contributed by atoms with Gasteiger partial charge in [0.2, 0.25) is 5.91 Å². The van der Waals surface area contributed by atoms with E-state index in [1.807, 2.05) is 0 Å². The Bertz CT molecular complexity index is 460. The molecule has 0 bridgehead atoms. The molecule has 0 saturated carbocycles. The van der Waals surface area contributed by atoms with E-state index in [1.54, 1.807) is 38.2 Å². The average molecular weight is 288 g/mol. The second kappa shape index (κ2) is 6.78. The molecule has 0 spiro atoms. The Kier molecular flexibility index (Phi) is 5.66. The Hall–Kier alpha value is -1.03. The van der Waals surface area contributed by atoms with Gasteiger partial charge in [-0.05, 0) is 30.7 Å². The van der Waals surface area contributed by atoms with E-state index >= 15 is 0 Å². The molecule has 3 nitrogen and oxygen atoms in total. The van der Waals surface area contributed by atoms with Crippen molar-refractivity contribution in [2.24, 2.45) is 0 Å². The maximum absolute atomic E-state index is 11.8. The van der Waals surface area contributed by atoms with Gasteiger partial charge in [0.05, 0.1) is 12.6 Å². The summed E-state index contributed by atoms with van der Waals surface area (Å²) in [6.45, 7) is 1.69. The van der Waals surface area contributed by atoms with E-state index in [-0.39, 0.29) is 18.6 Å². The van der Waals surface area contributed by atoms with Gasteiger partial charge in [-0.25, -0.2) is 0 Å². The van der Waals surface area contributed by atoms with Crippen LogP contribution in [0.1, 0.15) is 12.5 Å². The molecule has 0 saturated heterocycles. The Balaban J connectivity index is 2.77. The number of likely N-dealkylation sites (N-methyl/N-ethyl adjacent to an activating group) is 1. The first-order valence-electron chi connectivity index (χ1n) is 5.46. The molecule has 0 heterocycles. The summed E-state index contributed by atoms with van der Waals surface area (Å²) < 4.78 is 0. The predicted molar refractivity (Wildman–Crippen MR) is 74.8 cm³/mol. The number of hydrogen-bond acceptors (Lipinski definition) is 2. The zero-order chi connectivity index (χ0) is 13.7. The van der Waals surface area contributed by atoms with Gasteiger partial charge in [-0.1, -0.05) is 29.3 Å². The topological polar surface area (TPSA) is 40.5 Å². The fraction of sp³-hybridized carbons (Fsp3) is 0.308. The fourth-order valence-corrected chi connectivity index (χ4v) is 1.73. The highest BCUT2D eigenvalue weighted by Gasteiger charge is 2.11. The van der Waals surface area contributed by atoms with Crippen LogP contribution in [0.25, 0.3) is 6.08 Å². The summed E-state index contributed by atoms with van der Waals surface area (Å²) in [6.07, 6.45) is 3.04. The number of rotatable bonds is 4. The molecule has 0 aromatic heterocycles. The zero-order valence-electron chi connectivity index (χ0n) is 10.2. The van der Waals surface area contributed by atoms with Gasteiger partial charge >= 0.3 is 0 Å². The molecule has 0 radical (unpaired) electrons. The summed E-state index contributed by atoms with van der Waals surface area (Å²) in [5.74, 6) is -0.192. The van der Waals surface area contributed by atoms with E-state index in [1.165, 1.54) is 11.0 Å². The van der Waals surface area contributed by atoms with Gasteiger partial charge in [0.25, 0.3) is 0 Å². The molecule has 0 fully saturated rings. The Morgan fingerprint density at radius 2 is 2.17 bits per heavy atom. The SMILES string of the molecule is CC(CO)N(C)C(=O)/C=C/c1ccc(Cl)cc1Cl. The van der Waals surface area contributed by atoms with Crippen LogP contribution in [0.15, 0.2) is 24.3 Å². The number of carbonyl (C=O) groups excluding carboxylic acids is 1. The highest BCUT2D eigenvalue weighted by molar-refractivity contribution is 6.35. The maximum atomic E-state index is 11.8. The lowest BCUT2D eigenvalue weighted by Crippen LogP contribution is -2.36. The molecule has 1 amide bonds. The van der Waals surface area contributed by atoms with Crippen molar-refractivity contribution in [3.63, 3.8) is 0 Å². The van der Waals surface area contributed by atoms with Crippen LogP contribution in [-0.4, -0.2) is 35.6 Å². The van der Waals surface area contributed by atoms with Crippen LogP contribution in [0.4, 0.5) is 0 Å². The Morgan fingerprint density at radius 3 is 2.72 bits per heavy atom. The monoisotopic (exact) mass is 287 g/mol. The van der Waals surface area contributed by atoms with E-state index in [0.717, 1.165) is 5.56 Å². The van der Waals surface area contributed by atoms with Crippen LogP contribution in [0, 0.1) is 0 Å². The van der Waals surface area contributed by atoms with Gasteiger partial charge in [0.15, 0.2) is 0 Å². The molecule has 0 aliphatic rings. The first kappa shape index (κ1) is 15.0. The summed E-state index contributed by atoms with van der Waals surface area (Å²) >= 11 is 11.8. The number of benzene rings is 1. The van der Waals surface area contributed by atoms with Crippen LogP contribution in [-0.2, 0) is 4.79 Å². The van der Waals surface area contributed by atoms with Crippen LogP contribution in [0.2, 0.25) is 10.0 Å². The summed E-state index contributed by atoms with van der Waals surface area (Å²) in [7, 11) is 1.64. The molecule has 1 unspecified atom stereocenters. The summed E-state index contributed by atoms with van der Waals surface area (Å²) in [5, 5.41) is 10.0. The number of carbonyl (C=O) groups is 1. The third-order valence-electron chi connectivity index (χ3n) is 2.64. The van der Waals surface area contributed by atoms with Gasteiger partial charge in [-0.3, -0.25) is 4.79 Å². The quantitative estimate of drug-likeness (QED) is 0.865. The molecule has 98 valence electrons. The predicted octanol–water partition coefficient (Wildman–Crippen LogP) is 2.85. The third-order valence-corrected chi connectivity index (χ3v) is 3.20. The van der Waals surface area contributed by atoms with Gasteiger partial charge in [0.1, 0.15) is 0 Å².